The van der Waals surface area contributed by atoms with E-state index in [1.54, 1.807) is 0 Å². The second-order valence-corrected chi connectivity index (χ2v) is 6.04. The largest absolute Gasteiger partial charge is 0.388 e. The quantitative estimate of drug-likeness (QED) is 0.915. The van der Waals surface area contributed by atoms with E-state index in [0.717, 1.165) is 35.0 Å². The Morgan fingerprint density at radius 2 is 2.11 bits per heavy atom. The molecule has 3 heteroatoms. The maximum Gasteiger partial charge on any atom is 0.0820 e. The van der Waals surface area contributed by atoms with Crippen molar-refractivity contribution in [2.45, 2.75) is 52.2 Å². The Labute approximate surface area is 117 Å². The lowest BCUT2D eigenvalue weighted by Gasteiger charge is -2.21. The van der Waals surface area contributed by atoms with Gasteiger partial charge in [0.2, 0.25) is 0 Å². The molecule has 1 aromatic rings. The van der Waals surface area contributed by atoms with Crippen LogP contribution in [-0.2, 0) is 4.74 Å². The van der Waals surface area contributed by atoms with Crippen LogP contribution in [0, 0.1) is 20.8 Å². The first-order valence-corrected chi connectivity index (χ1v) is 7.36. The van der Waals surface area contributed by atoms with Crippen molar-refractivity contribution in [1.29, 1.82) is 0 Å². The normalized spacial score (nSPS) is 21.3. The van der Waals surface area contributed by atoms with Gasteiger partial charge in [-0.2, -0.15) is 0 Å². The molecule has 0 saturated carbocycles. The van der Waals surface area contributed by atoms with Crippen molar-refractivity contribution in [3.63, 3.8) is 0 Å². The summed E-state index contributed by atoms with van der Waals surface area (Å²) < 4.78 is 6.71. The summed E-state index contributed by atoms with van der Waals surface area (Å²) in [5, 5.41) is 10.5. The van der Waals surface area contributed by atoms with Crippen LogP contribution in [0.3, 0.4) is 0 Å². The van der Waals surface area contributed by atoms with Gasteiger partial charge in [-0.3, -0.25) is 0 Å². The molecule has 2 rings (SSSR count). The number of halogens is 1. The van der Waals surface area contributed by atoms with Crippen LogP contribution in [0.5, 0.6) is 0 Å². The molecule has 1 aliphatic heterocycles. The van der Waals surface area contributed by atoms with E-state index in [-0.39, 0.29) is 6.10 Å². The second kappa shape index (κ2) is 5.72. The van der Waals surface area contributed by atoms with Gasteiger partial charge in [-0.25, -0.2) is 0 Å². The van der Waals surface area contributed by atoms with Crippen molar-refractivity contribution in [3.05, 3.63) is 32.8 Å². The summed E-state index contributed by atoms with van der Waals surface area (Å²) in [5.74, 6) is 0. The van der Waals surface area contributed by atoms with E-state index in [0.29, 0.717) is 6.42 Å². The molecule has 1 saturated heterocycles. The third kappa shape index (κ3) is 2.79. The monoisotopic (exact) mass is 312 g/mol. The van der Waals surface area contributed by atoms with Gasteiger partial charge >= 0.3 is 0 Å². The molecule has 0 aromatic heterocycles. The fourth-order valence-electron chi connectivity index (χ4n) is 2.89. The first-order chi connectivity index (χ1) is 8.50. The van der Waals surface area contributed by atoms with Gasteiger partial charge in [-0.05, 0) is 55.9 Å². The number of hydrogen-bond donors (Lipinski definition) is 1. The highest BCUT2D eigenvalue weighted by Crippen LogP contribution is 2.34. The Kier molecular flexibility index (Phi) is 4.46. The Morgan fingerprint density at radius 1 is 1.39 bits per heavy atom. The van der Waals surface area contributed by atoms with Crippen molar-refractivity contribution in [1.82, 2.24) is 0 Å². The number of hydrogen-bond acceptors (Lipinski definition) is 2. The first-order valence-electron chi connectivity index (χ1n) is 6.56. The van der Waals surface area contributed by atoms with Crippen molar-refractivity contribution < 1.29 is 9.84 Å². The number of aliphatic hydroxyl groups excluding tert-OH is 1. The molecule has 0 amide bonds. The van der Waals surface area contributed by atoms with Crippen molar-refractivity contribution in [2.24, 2.45) is 0 Å². The van der Waals surface area contributed by atoms with Gasteiger partial charge in [0.1, 0.15) is 0 Å². The van der Waals surface area contributed by atoms with Crippen LogP contribution >= 0.6 is 15.9 Å². The van der Waals surface area contributed by atoms with Crippen molar-refractivity contribution >= 4 is 15.9 Å². The lowest BCUT2D eigenvalue weighted by atomic mass is 9.92. The summed E-state index contributed by atoms with van der Waals surface area (Å²) in [6.07, 6.45) is 2.69. The minimum absolute atomic E-state index is 0.221. The molecule has 1 N–H and O–H groups in total. The van der Waals surface area contributed by atoms with E-state index in [9.17, 15) is 5.11 Å². The van der Waals surface area contributed by atoms with Gasteiger partial charge in [0.25, 0.3) is 0 Å². The lowest BCUT2D eigenvalue weighted by Crippen LogP contribution is -2.13. The number of rotatable bonds is 3. The molecule has 1 aromatic carbocycles. The highest BCUT2D eigenvalue weighted by molar-refractivity contribution is 9.10. The minimum Gasteiger partial charge on any atom is -0.388 e. The number of benzene rings is 1. The lowest BCUT2D eigenvalue weighted by molar-refractivity contribution is 0.0530. The average molecular weight is 313 g/mol. The summed E-state index contributed by atoms with van der Waals surface area (Å²) in [6, 6.07) is 2.13. The van der Waals surface area contributed by atoms with Crippen LogP contribution < -0.4 is 0 Å². The Morgan fingerprint density at radius 3 is 2.72 bits per heavy atom. The Hall–Kier alpha value is -0.380. The molecule has 0 radical (unpaired) electrons. The molecule has 0 spiro atoms. The minimum atomic E-state index is -0.426. The van der Waals surface area contributed by atoms with E-state index in [1.807, 2.05) is 0 Å². The average Bonchev–Trinajstić information content (AvgIpc) is 2.78. The number of aliphatic hydroxyl groups is 1. The van der Waals surface area contributed by atoms with Gasteiger partial charge in [0.15, 0.2) is 0 Å². The Bertz CT molecular complexity index is 437. The van der Waals surface area contributed by atoms with Crippen molar-refractivity contribution in [2.75, 3.05) is 6.61 Å². The molecule has 0 bridgehead atoms. The summed E-state index contributed by atoms with van der Waals surface area (Å²) in [7, 11) is 0. The van der Waals surface area contributed by atoms with E-state index >= 15 is 0 Å². The first kappa shape index (κ1) is 14.0. The number of aryl methyl sites for hydroxylation is 2. The molecule has 100 valence electrons. The molecule has 1 fully saturated rings. The summed E-state index contributed by atoms with van der Waals surface area (Å²) >= 11 is 3.60. The molecule has 2 nitrogen and oxygen atoms in total. The zero-order chi connectivity index (χ0) is 13.3. The molecule has 0 aliphatic carbocycles. The Balaban J connectivity index is 2.23. The molecule has 1 aliphatic rings. The number of ether oxygens (including phenoxy) is 1. The predicted octanol–water partition coefficient (Wildman–Crippen LogP) is 3.98. The third-order valence-corrected chi connectivity index (χ3v) is 5.00. The van der Waals surface area contributed by atoms with E-state index in [2.05, 4.69) is 42.8 Å². The van der Waals surface area contributed by atoms with Gasteiger partial charge < -0.3 is 9.84 Å². The standard InChI is InChI=1S/C15H21BrO2/c1-9-7-10(2)15(16)11(3)14(9)13(17)8-12-5-4-6-18-12/h7,12-13,17H,4-6,8H2,1-3H3. The molecular formula is C15H21BrO2. The van der Waals surface area contributed by atoms with Crippen LogP contribution in [0.15, 0.2) is 10.5 Å². The highest BCUT2D eigenvalue weighted by atomic mass is 79.9. The molecular weight excluding hydrogens is 292 g/mol. The highest BCUT2D eigenvalue weighted by Gasteiger charge is 2.23. The van der Waals surface area contributed by atoms with Crippen LogP contribution in [0.1, 0.15) is 47.6 Å². The maximum absolute atomic E-state index is 10.5. The smallest absolute Gasteiger partial charge is 0.0820 e. The fourth-order valence-corrected chi connectivity index (χ4v) is 3.21. The molecule has 2 unspecified atom stereocenters. The molecule has 1 heterocycles. The van der Waals surface area contributed by atoms with E-state index in [4.69, 9.17) is 4.74 Å². The second-order valence-electron chi connectivity index (χ2n) is 5.25. The molecule has 18 heavy (non-hydrogen) atoms. The van der Waals surface area contributed by atoms with E-state index in [1.165, 1.54) is 11.1 Å². The third-order valence-electron chi connectivity index (χ3n) is 3.78. The maximum atomic E-state index is 10.5. The fraction of sp³-hybridized carbons (Fsp3) is 0.600. The van der Waals surface area contributed by atoms with Gasteiger partial charge in [-0.1, -0.05) is 22.0 Å². The van der Waals surface area contributed by atoms with Crippen molar-refractivity contribution in [3.8, 4) is 0 Å². The summed E-state index contributed by atoms with van der Waals surface area (Å²) in [4.78, 5) is 0. The predicted molar refractivity (Wildman–Crippen MR) is 76.9 cm³/mol. The van der Waals surface area contributed by atoms with Crippen LogP contribution in [0.2, 0.25) is 0 Å². The van der Waals surface area contributed by atoms with Gasteiger partial charge in [0.05, 0.1) is 12.2 Å². The molecule has 2 atom stereocenters. The SMILES string of the molecule is Cc1cc(C)c(C(O)CC2CCCO2)c(C)c1Br. The van der Waals surface area contributed by atoms with Crippen LogP contribution in [0.4, 0.5) is 0 Å². The summed E-state index contributed by atoms with van der Waals surface area (Å²) in [5.41, 5.74) is 4.60. The van der Waals surface area contributed by atoms with Crippen LogP contribution in [0.25, 0.3) is 0 Å². The zero-order valence-electron chi connectivity index (χ0n) is 11.3. The van der Waals surface area contributed by atoms with Gasteiger partial charge in [0, 0.05) is 17.5 Å². The topological polar surface area (TPSA) is 29.5 Å². The summed E-state index contributed by atoms with van der Waals surface area (Å²) in [6.45, 7) is 7.06. The van der Waals surface area contributed by atoms with E-state index < -0.39 is 6.10 Å². The van der Waals surface area contributed by atoms with Crippen LogP contribution in [-0.4, -0.2) is 17.8 Å². The van der Waals surface area contributed by atoms with Gasteiger partial charge in [-0.15, -0.1) is 0 Å². The zero-order valence-corrected chi connectivity index (χ0v) is 12.9.